The molecule has 4 rings (SSSR count). The molecular formula is C24H30O3. The molecule has 0 radical (unpaired) electrons. The second-order valence-electron chi connectivity index (χ2n) is 8.80. The summed E-state index contributed by atoms with van der Waals surface area (Å²) < 4.78 is 12.4. The minimum atomic E-state index is -0.124. The van der Waals surface area contributed by atoms with Crippen molar-refractivity contribution in [1.82, 2.24) is 0 Å². The van der Waals surface area contributed by atoms with Crippen LogP contribution in [0.5, 0.6) is 5.75 Å². The predicted molar refractivity (Wildman–Crippen MR) is 106 cm³/mol. The molecule has 0 amide bonds. The van der Waals surface area contributed by atoms with Crippen molar-refractivity contribution in [3.8, 4) is 5.75 Å². The van der Waals surface area contributed by atoms with Crippen molar-refractivity contribution < 1.29 is 14.6 Å². The first-order chi connectivity index (χ1) is 13.0. The van der Waals surface area contributed by atoms with E-state index < -0.39 is 0 Å². The second kappa shape index (κ2) is 7.24. The first-order valence-electron chi connectivity index (χ1n) is 10.3. The first-order valence-corrected chi connectivity index (χ1v) is 10.3. The number of benzene rings is 1. The normalized spacial score (nSPS) is 28.5. The number of ether oxygens (including phenoxy) is 2. The van der Waals surface area contributed by atoms with E-state index >= 15 is 0 Å². The molecule has 1 aromatic carbocycles. The molecule has 2 aliphatic heterocycles. The summed E-state index contributed by atoms with van der Waals surface area (Å²) in [6, 6.07) is 6.16. The largest absolute Gasteiger partial charge is 0.508 e. The first kappa shape index (κ1) is 18.4. The summed E-state index contributed by atoms with van der Waals surface area (Å²) in [5.74, 6) is 1.74. The van der Waals surface area contributed by atoms with Crippen LogP contribution < -0.4 is 0 Å². The molecule has 2 saturated heterocycles. The fraction of sp³-hybridized carbons (Fsp3) is 0.583. The Morgan fingerprint density at radius 3 is 2.89 bits per heavy atom. The van der Waals surface area contributed by atoms with Crippen LogP contribution in [0.4, 0.5) is 0 Å². The maximum atomic E-state index is 10.6. The lowest BCUT2D eigenvalue weighted by atomic mass is 9.77. The lowest BCUT2D eigenvalue weighted by Gasteiger charge is -2.43. The van der Waals surface area contributed by atoms with Gasteiger partial charge in [-0.25, -0.2) is 0 Å². The molecule has 144 valence electrons. The van der Waals surface area contributed by atoms with Crippen molar-refractivity contribution >= 4 is 0 Å². The average molecular weight is 367 g/mol. The van der Waals surface area contributed by atoms with Crippen LogP contribution in [0.1, 0.15) is 69.9 Å². The lowest BCUT2D eigenvalue weighted by molar-refractivity contribution is -0.0703. The number of unbranched alkanes of at least 4 members (excludes halogenated alkanes) is 1. The van der Waals surface area contributed by atoms with E-state index in [1.807, 2.05) is 6.07 Å². The van der Waals surface area contributed by atoms with Gasteiger partial charge in [0, 0.05) is 11.5 Å². The molecule has 0 saturated carbocycles. The Morgan fingerprint density at radius 1 is 1.26 bits per heavy atom. The zero-order valence-corrected chi connectivity index (χ0v) is 16.7. The van der Waals surface area contributed by atoms with Crippen molar-refractivity contribution in [3.05, 3.63) is 52.1 Å². The van der Waals surface area contributed by atoms with Crippen LogP contribution in [-0.2, 0) is 15.9 Å². The molecular weight excluding hydrogens is 336 g/mol. The summed E-state index contributed by atoms with van der Waals surface area (Å²) in [6.07, 6.45) is 6.35. The molecule has 0 bridgehead atoms. The Hall–Kier alpha value is -1.92. The highest BCUT2D eigenvalue weighted by atomic mass is 16.5. The minimum absolute atomic E-state index is 0.0552. The van der Waals surface area contributed by atoms with Gasteiger partial charge < -0.3 is 14.6 Å². The summed E-state index contributed by atoms with van der Waals surface area (Å²) in [5, 5.41) is 10.6. The summed E-state index contributed by atoms with van der Waals surface area (Å²) in [4.78, 5) is 0. The maximum absolute atomic E-state index is 10.6. The summed E-state index contributed by atoms with van der Waals surface area (Å²) in [5.41, 5.74) is 9.81. The Balaban J connectivity index is 1.55. The van der Waals surface area contributed by atoms with Crippen LogP contribution in [-0.4, -0.2) is 23.4 Å². The summed E-state index contributed by atoms with van der Waals surface area (Å²) >= 11 is 0. The third-order valence-corrected chi connectivity index (χ3v) is 6.13. The predicted octanol–water partition coefficient (Wildman–Crippen LogP) is 5.39. The zero-order chi connectivity index (χ0) is 19.0. The number of hydrogen-bond donors (Lipinski definition) is 1. The van der Waals surface area contributed by atoms with Crippen molar-refractivity contribution in [3.63, 3.8) is 0 Å². The monoisotopic (exact) mass is 366 g/mol. The van der Waals surface area contributed by atoms with Crippen molar-refractivity contribution in [2.75, 3.05) is 6.61 Å². The molecule has 2 fully saturated rings. The molecule has 3 aliphatic rings. The second-order valence-corrected chi connectivity index (χ2v) is 8.80. The van der Waals surface area contributed by atoms with E-state index in [1.165, 1.54) is 12.0 Å². The number of phenols is 1. The molecule has 3 atom stereocenters. The molecule has 1 aliphatic carbocycles. The van der Waals surface area contributed by atoms with E-state index in [1.54, 1.807) is 0 Å². The van der Waals surface area contributed by atoms with E-state index in [0.717, 1.165) is 49.0 Å². The van der Waals surface area contributed by atoms with Crippen LogP contribution in [0.25, 0.3) is 0 Å². The van der Waals surface area contributed by atoms with Crippen LogP contribution in [0.2, 0.25) is 0 Å². The van der Waals surface area contributed by atoms with E-state index in [2.05, 4.69) is 44.4 Å². The number of fused-ring (bicyclic) bond motifs is 3. The highest BCUT2D eigenvalue weighted by Gasteiger charge is 2.42. The van der Waals surface area contributed by atoms with Crippen LogP contribution in [0.15, 0.2) is 41.0 Å². The molecule has 2 heterocycles. The SMILES string of the molecule is CCCCc1ccc(C2COC3C(=C=C=C4OC(C)(C)CCC43)C2)c(O)c1. The number of rotatable bonds is 4. The average Bonchev–Trinajstić information content (AvgIpc) is 2.65. The van der Waals surface area contributed by atoms with Gasteiger partial charge >= 0.3 is 0 Å². The van der Waals surface area contributed by atoms with Crippen LogP contribution >= 0.6 is 0 Å². The lowest BCUT2D eigenvalue weighted by Crippen LogP contribution is -2.41. The molecule has 3 unspecified atom stereocenters. The van der Waals surface area contributed by atoms with E-state index in [4.69, 9.17) is 9.47 Å². The van der Waals surface area contributed by atoms with Crippen LogP contribution in [0, 0.1) is 5.92 Å². The third kappa shape index (κ3) is 3.73. The van der Waals surface area contributed by atoms with Gasteiger partial charge in [0.25, 0.3) is 0 Å². The van der Waals surface area contributed by atoms with Crippen molar-refractivity contribution in [1.29, 1.82) is 0 Å². The van der Waals surface area contributed by atoms with Gasteiger partial charge in [-0.15, -0.1) is 0 Å². The van der Waals surface area contributed by atoms with E-state index in [-0.39, 0.29) is 23.5 Å². The van der Waals surface area contributed by atoms with Gasteiger partial charge in [0.1, 0.15) is 11.4 Å². The van der Waals surface area contributed by atoms with Gasteiger partial charge in [-0.3, -0.25) is 0 Å². The highest BCUT2D eigenvalue weighted by molar-refractivity contribution is 5.41. The topological polar surface area (TPSA) is 38.7 Å². The number of phenolic OH excluding ortho intramolecular Hbond substituents is 1. The quantitative estimate of drug-likeness (QED) is 0.726. The number of hydrogen-bond acceptors (Lipinski definition) is 3. The number of aryl methyl sites for hydroxylation is 1. The molecule has 1 N–H and O–H groups in total. The number of aromatic hydroxyl groups is 1. The van der Waals surface area contributed by atoms with E-state index in [0.29, 0.717) is 12.4 Å². The van der Waals surface area contributed by atoms with Crippen LogP contribution in [0.3, 0.4) is 0 Å². The maximum Gasteiger partial charge on any atom is 0.153 e. The highest BCUT2D eigenvalue weighted by Crippen LogP contribution is 2.45. The van der Waals surface area contributed by atoms with Gasteiger partial charge in [-0.05, 0) is 68.9 Å². The van der Waals surface area contributed by atoms with Crippen molar-refractivity contribution in [2.45, 2.75) is 76.9 Å². The Labute approximate surface area is 162 Å². The molecule has 0 aromatic heterocycles. The fourth-order valence-corrected chi connectivity index (χ4v) is 4.52. The molecule has 1 aromatic rings. The molecule has 3 heteroatoms. The van der Waals surface area contributed by atoms with E-state index in [9.17, 15) is 5.11 Å². The Morgan fingerprint density at radius 2 is 2.11 bits per heavy atom. The Bertz CT molecular complexity index is 822. The van der Waals surface area contributed by atoms with Crippen molar-refractivity contribution in [2.24, 2.45) is 5.92 Å². The zero-order valence-electron chi connectivity index (χ0n) is 16.7. The molecule has 3 nitrogen and oxygen atoms in total. The third-order valence-electron chi connectivity index (χ3n) is 6.13. The van der Waals surface area contributed by atoms with Gasteiger partial charge in [0.15, 0.2) is 5.76 Å². The fourth-order valence-electron chi connectivity index (χ4n) is 4.52. The van der Waals surface area contributed by atoms with Gasteiger partial charge in [-0.1, -0.05) is 31.2 Å². The standard InChI is InChI=1S/C24H30O3/c1-4-5-6-16-7-9-19(21(25)13-16)18-14-17-8-10-22-20(23(17)26-15-18)11-12-24(2,3)27-22/h7,9,13,18,20,23,25H,4-6,11-12,14-15H2,1-3H3. The van der Waals surface area contributed by atoms with Gasteiger partial charge in [0.2, 0.25) is 0 Å². The summed E-state index contributed by atoms with van der Waals surface area (Å²) in [7, 11) is 0. The molecule has 27 heavy (non-hydrogen) atoms. The molecule has 0 spiro atoms. The van der Waals surface area contributed by atoms with Gasteiger partial charge in [0.05, 0.1) is 18.6 Å². The smallest absolute Gasteiger partial charge is 0.153 e. The van der Waals surface area contributed by atoms with Gasteiger partial charge in [-0.2, -0.15) is 0 Å². The summed E-state index contributed by atoms with van der Waals surface area (Å²) in [6.45, 7) is 7.07. The minimum Gasteiger partial charge on any atom is -0.508 e. The Kier molecular flexibility index (Phi) is 4.95.